The molecule has 3 aromatic rings. The average Bonchev–Trinajstić information content (AvgIpc) is 3.12. The molecule has 0 spiro atoms. The lowest BCUT2D eigenvalue weighted by Gasteiger charge is -2.32. The summed E-state index contributed by atoms with van der Waals surface area (Å²) in [5, 5.41) is 0.713. The minimum Gasteiger partial charge on any atom is -0.497 e. The molecule has 146 valence electrons. The van der Waals surface area contributed by atoms with Gasteiger partial charge in [0, 0.05) is 30.4 Å². The maximum atomic E-state index is 12.9. The highest BCUT2D eigenvalue weighted by Gasteiger charge is 2.26. The minimum atomic E-state index is 0.0137. The fraction of sp³-hybridized carbons (Fsp3) is 0.333. The zero-order valence-corrected chi connectivity index (χ0v) is 18.2. The number of hydrogen-bond acceptors (Lipinski definition) is 5. The van der Waals surface area contributed by atoms with E-state index < -0.39 is 0 Å². The van der Waals surface area contributed by atoms with Gasteiger partial charge in [0.25, 0.3) is 11.1 Å². The Hall–Kier alpha value is -2.12. The standard InChI is InChI=1S/C21H21BrN2O3S/c1-13-4-3-5-18-19(13)23-21(28-18)27-14-8-10-24(11-9-14)20(25)16-12-15(26-2)6-7-17(16)22/h3-7,12,14H,8-11H2,1-2H3. The number of halogens is 1. The number of aromatic nitrogens is 1. The van der Waals surface area contributed by atoms with E-state index in [4.69, 9.17) is 9.47 Å². The van der Waals surface area contributed by atoms with Crippen LogP contribution in [-0.4, -0.2) is 42.1 Å². The maximum Gasteiger partial charge on any atom is 0.274 e. The largest absolute Gasteiger partial charge is 0.497 e. The molecule has 28 heavy (non-hydrogen) atoms. The third-order valence-corrected chi connectivity index (χ3v) is 6.60. The number of benzene rings is 2. The van der Waals surface area contributed by atoms with E-state index in [-0.39, 0.29) is 12.0 Å². The lowest BCUT2D eigenvalue weighted by Crippen LogP contribution is -2.41. The molecule has 0 bridgehead atoms. The molecule has 1 aliphatic rings. The van der Waals surface area contributed by atoms with Crippen molar-refractivity contribution < 1.29 is 14.3 Å². The SMILES string of the molecule is COc1ccc(Br)c(C(=O)N2CCC(Oc3nc4c(C)cccc4s3)CC2)c1. The van der Waals surface area contributed by atoms with Gasteiger partial charge in [-0.1, -0.05) is 23.5 Å². The topological polar surface area (TPSA) is 51.7 Å². The number of hydrogen-bond donors (Lipinski definition) is 0. The normalized spacial score (nSPS) is 15.0. The van der Waals surface area contributed by atoms with Crippen LogP contribution >= 0.6 is 27.3 Å². The third kappa shape index (κ3) is 3.86. The van der Waals surface area contributed by atoms with Crippen LogP contribution in [0, 0.1) is 6.92 Å². The van der Waals surface area contributed by atoms with Crippen molar-refractivity contribution >= 4 is 43.4 Å². The zero-order chi connectivity index (χ0) is 19.7. The zero-order valence-electron chi connectivity index (χ0n) is 15.8. The molecular formula is C21H21BrN2O3S. The number of ether oxygens (including phenoxy) is 2. The van der Waals surface area contributed by atoms with Crippen LogP contribution in [0.1, 0.15) is 28.8 Å². The van der Waals surface area contributed by atoms with Crippen molar-refractivity contribution in [3.63, 3.8) is 0 Å². The van der Waals surface area contributed by atoms with Crippen LogP contribution in [0.5, 0.6) is 10.9 Å². The van der Waals surface area contributed by atoms with E-state index in [0.29, 0.717) is 29.6 Å². The number of carbonyl (C=O) groups is 1. The Kier molecular flexibility index (Phi) is 5.55. The molecule has 7 heteroatoms. The van der Waals surface area contributed by atoms with Gasteiger partial charge in [-0.05, 0) is 52.7 Å². The number of likely N-dealkylation sites (tertiary alicyclic amines) is 1. The Labute approximate surface area is 176 Å². The molecule has 1 amide bonds. The monoisotopic (exact) mass is 460 g/mol. The predicted molar refractivity (Wildman–Crippen MR) is 115 cm³/mol. The number of rotatable bonds is 4. The number of amides is 1. The van der Waals surface area contributed by atoms with Crippen molar-refractivity contribution in [2.75, 3.05) is 20.2 Å². The number of para-hydroxylation sites is 1. The molecule has 0 aliphatic carbocycles. The van der Waals surface area contributed by atoms with Gasteiger partial charge in [0.2, 0.25) is 0 Å². The first kappa shape index (κ1) is 19.2. The second kappa shape index (κ2) is 8.09. The summed E-state index contributed by atoms with van der Waals surface area (Å²) < 4.78 is 13.3. The van der Waals surface area contributed by atoms with E-state index in [0.717, 1.165) is 33.1 Å². The number of fused-ring (bicyclic) bond motifs is 1. The fourth-order valence-electron chi connectivity index (χ4n) is 3.40. The van der Waals surface area contributed by atoms with E-state index >= 15 is 0 Å². The number of methoxy groups -OCH3 is 1. The number of thiazole rings is 1. The van der Waals surface area contributed by atoms with Crippen LogP contribution in [0.3, 0.4) is 0 Å². The second-order valence-corrected chi connectivity index (χ2v) is 8.70. The smallest absolute Gasteiger partial charge is 0.274 e. The van der Waals surface area contributed by atoms with Crippen LogP contribution in [0.15, 0.2) is 40.9 Å². The van der Waals surface area contributed by atoms with Gasteiger partial charge >= 0.3 is 0 Å². The van der Waals surface area contributed by atoms with E-state index in [1.807, 2.05) is 23.1 Å². The molecule has 5 nitrogen and oxygen atoms in total. The molecule has 0 radical (unpaired) electrons. The summed E-state index contributed by atoms with van der Waals surface area (Å²) >= 11 is 5.05. The summed E-state index contributed by atoms with van der Waals surface area (Å²) in [5.41, 5.74) is 2.80. The third-order valence-electron chi connectivity index (χ3n) is 5.00. The summed E-state index contributed by atoms with van der Waals surface area (Å²) in [6.07, 6.45) is 1.67. The van der Waals surface area contributed by atoms with Crippen LogP contribution < -0.4 is 9.47 Å². The van der Waals surface area contributed by atoms with Gasteiger partial charge in [0.15, 0.2) is 0 Å². The van der Waals surface area contributed by atoms with Crippen molar-refractivity contribution in [2.45, 2.75) is 25.9 Å². The molecule has 1 aliphatic heterocycles. The first-order chi connectivity index (χ1) is 13.5. The molecule has 2 aromatic carbocycles. The molecule has 0 unspecified atom stereocenters. The molecule has 1 saturated heterocycles. The van der Waals surface area contributed by atoms with Crippen molar-refractivity contribution in [3.8, 4) is 10.9 Å². The van der Waals surface area contributed by atoms with Crippen LogP contribution in [0.4, 0.5) is 0 Å². The van der Waals surface area contributed by atoms with Gasteiger partial charge < -0.3 is 14.4 Å². The number of carbonyl (C=O) groups excluding carboxylic acids is 1. The van der Waals surface area contributed by atoms with E-state index in [9.17, 15) is 4.79 Å². The Morgan fingerprint density at radius 3 is 2.75 bits per heavy atom. The summed E-state index contributed by atoms with van der Waals surface area (Å²) in [4.78, 5) is 19.4. The van der Waals surface area contributed by atoms with Gasteiger partial charge in [0.05, 0.1) is 22.9 Å². The highest BCUT2D eigenvalue weighted by Crippen LogP contribution is 2.32. The van der Waals surface area contributed by atoms with Crippen LogP contribution in [-0.2, 0) is 0 Å². The maximum absolute atomic E-state index is 12.9. The summed E-state index contributed by atoms with van der Waals surface area (Å²) in [6, 6.07) is 11.6. The van der Waals surface area contributed by atoms with Crippen LogP contribution in [0.2, 0.25) is 0 Å². The molecule has 0 N–H and O–H groups in total. The van der Waals surface area contributed by atoms with E-state index in [1.54, 1.807) is 24.5 Å². The minimum absolute atomic E-state index is 0.0137. The van der Waals surface area contributed by atoms with Gasteiger partial charge in [0.1, 0.15) is 11.9 Å². The molecule has 2 heterocycles. The molecular weight excluding hydrogens is 440 g/mol. The quantitative estimate of drug-likeness (QED) is 0.545. The van der Waals surface area contributed by atoms with Crippen molar-refractivity contribution in [1.82, 2.24) is 9.88 Å². The highest BCUT2D eigenvalue weighted by molar-refractivity contribution is 9.10. The van der Waals surface area contributed by atoms with Crippen molar-refractivity contribution in [1.29, 1.82) is 0 Å². The second-order valence-electron chi connectivity index (χ2n) is 6.86. The number of nitrogens with zero attached hydrogens (tertiary/aromatic N) is 2. The molecule has 1 aromatic heterocycles. The van der Waals surface area contributed by atoms with Crippen molar-refractivity contribution in [3.05, 3.63) is 52.0 Å². The van der Waals surface area contributed by atoms with Gasteiger partial charge in [-0.2, -0.15) is 0 Å². The van der Waals surface area contributed by atoms with Crippen molar-refractivity contribution in [2.24, 2.45) is 0 Å². The molecule has 0 saturated carbocycles. The lowest BCUT2D eigenvalue weighted by atomic mass is 10.1. The van der Waals surface area contributed by atoms with Crippen LogP contribution in [0.25, 0.3) is 10.2 Å². The molecule has 4 rings (SSSR count). The Morgan fingerprint density at radius 1 is 1.25 bits per heavy atom. The van der Waals surface area contributed by atoms with Gasteiger partial charge in [-0.15, -0.1) is 0 Å². The van der Waals surface area contributed by atoms with Gasteiger partial charge in [-0.3, -0.25) is 4.79 Å². The van der Waals surface area contributed by atoms with E-state index in [2.05, 4.69) is 40.0 Å². The average molecular weight is 461 g/mol. The predicted octanol–water partition coefficient (Wildman–Crippen LogP) is 5.06. The Morgan fingerprint density at radius 2 is 2.04 bits per heavy atom. The summed E-state index contributed by atoms with van der Waals surface area (Å²) in [5.74, 6) is 0.690. The fourth-order valence-corrected chi connectivity index (χ4v) is 4.78. The summed E-state index contributed by atoms with van der Waals surface area (Å²) in [6.45, 7) is 3.39. The number of piperidine rings is 1. The van der Waals surface area contributed by atoms with E-state index in [1.165, 1.54) is 0 Å². The Balaban J connectivity index is 1.40. The Bertz CT molecular complexity index is 1010. The summed E-state index contributed by atoms with van der Waals surface area (Å²) in [7, 11) is 1.60. The molecule has 0 atom stereocenters. The van der Waals surface area contributed by atoms with Gasteiger partial charge in [-0.25, -0.2) is 4.98 Å². The number of aryl methyl sites for hydroxylation is 1. The first-order valence-corrected chi connectivity index (χ1v) is 10.8. The molecule has 1 fully saturated rings. The highest BCUT2D eigenvalue weighted by atomic mass is 79.9. The first-order valence-electron chi connectivity index (χ1n) is 9.21. The lowest BCUT2D eigenvalue weighted by molar-refractivity contribution is 0.0594.